The van der Waals surface area contributed by atoms with E-state index in [9.17, 15) is 27.6 Å². The molecule has 0 unspecified atom stereocenters. The van der Waals surface area contributed by atoms with E-state index in [-0.39, 0.29) is 6.42 Å². The Kier molecular flexibility index (Phi) is 11.2. The quantitative estimate of drug-likeness (QED) is 0.125. The molecule has 0 saturated heterocycles. The molecule has 5 atom stereocenters. The van der Waals surface area contributed by atoms with Gasteiger partial charge in [-0.05, 0) is 12.3 Å². The summed E-state index contributed by atoms with van der Waals surface area (Å²) in [5.41, 5.74) is 5.70. The van der Waals surface area contributed by atoms with Gasteiger partial charge in [0, 0.05) is 6.04 Å². The number of rotatable bonds is 13. The minimum absolute atomic E-state index is 0.264. The number of thiol groups is 1. The molecule has 0 aliphatic rings. The van der Waals surface area contributed by atoms with Crippen molar-refractivity contribution >= 4 is 46.5 Å². The maximum Gasteiger partial charge on any atom is 0.326 e. The predicted molar refractivity (Wildman–Crippen MR) is 105 cm³/mol. The number of amides is 2. The zero-order valence-electron chi connectivity index (χ0n) is 15.9. The Morgan fingerprint density at radius 1 is 1.10 bits per heavy atom. The third-order valence-corrected chi connectivity index (χ3v) is 5.54. The lowest BCUT2D eigenvalue weighted by Gasteiger charge is -2.27. The minimum Gasteiger partial charge on any atom is -0.481 e. The Bertz CT molecular complexity index is 714. The van der Waals surface area contributed by atoms with Gasteiger partial charge in [0.15, 0.2) is 0 Å². The third-order valence-electron chi connectivity index (χ3n) is 4.17. The van der Waals surface area contributed by atoms with Gasteiger partial charge in [0.1, 0.15) is 12.1 Å². The van der Waals surface area contributed by atoms with Crippen molar-refractivity contribution in [3.05, 3.63) is 0 Å². The fraction of sp³-hybridized carbons (Fsp3) is 0.733. The standard InChI is InChI=1S/C15H27N3O9S2/c1-3-7(2)11(13(21)17-9(15(23)24)6-10(19)20)18-14(22)12(28)8(16)4-5-29(25,26)27/h7-9,11-12,28H,3-6,16H2,1-2H3,(H,17,21)(H,18,22)(H,19,20)(H,23,24)(H,25,26,27)/t7-,8+,9+,11-,12-/m0/s1. The molecule has 168 valence electrons. The first-order chi connectivity index (χ1) is 13.2. The molecule has 7 N–H and O–H groups in total. The molecule has 0 aliphatic heterocycles. The molecule has 0 saturated carbocycles. The predicted octanol–water partition coefficient (Wildman–Crippen LogP) is -1.53. The van der Waals surface area contributed by atoms with E-state index in [0.717, 1.165) is 0 Å². The van der Waals surface area contributed by atoms with Crippen LogP contribution in [0.2, 0.25) is 0 Å². The Morgan fingerprint density at radius 3 is 2.07 bits per heavy atom. The summed E-state index contributed by atoms with van der Waals surface area (Å²) in [5.74, 6) is -5.80. The van der Waals surface area contributed by atoms with E-state index in [1.165, 1.54) is 0 Å². The van der Waals surface area contributed by atoms with Crippen LogP contribution in [-0.4, -0.2) is 76.1 Å². The van der Waals surface area contributed by atoms with Gasteiger partial charge in [-0.2, -0.15) is 21.0 Å². The average Bonchev–Trinajstić information content (AvgIpc) is 2.60. The normalized spacial score (nSPS) is 16.7. The number of carboxylic acid groups (broad SMARTS) is 2. The molecule has 0 aromatic carbocycles. The van der Waals surface area contributed by atoms with Crippen molar-refractivity contribution in [1.29, 1.82) is 0 Å². The van der Waals surface area contributed by atoms with Gasteiger partial charge in [0.25, 0.3) is 10.1 Å². The van der Waals surface area contributed by atoms with E-state index in [1.807, 2.05) is 0 Å². The summed E-state index contributed by atoms with van der Waals surface area (Å²) >= 11 is 4.02. The summed E-state index contributed by atoms with van der Waals surface area (Å²) in [6.45, 7) is 3.34. The van der Waals surface area contributed by atoms with E-state index in [0.29, 0.717) is 6.42 Å². The molecule has 0 radical (unpaired) electrons. The number of carboxylic acids is 2. The SMILES string of the molecule is CC[C@H](C)[C@H](NC(=O)[C@@H](S)[C@H](N)CCS(=O)(=O)O)C(=O)N[C@H](CC(=O)O)C(=O)O. The van der Waals surface area contributed by atoms with Crippen molar-refractivity contribution in [2.24, 2.45) is 11.7 Å². The van der Waals surface area contributed by atoms with E-state index >= 15 is 0 Å². The van der Waals surface area contributed by atoms with Gasteiger partial charge < -0.3 is 26.6 Å². The Labute approximate surface area is 173 Å². The summed E-state index contributed by atoms with van der Waals surface area (Å²) in [7, 11) is -4.28. The van der Waals surface area contributed by atoms with Crippen LogP contribution in [-0.2, 0) is 29.3 Å². The summed E-state index contributed by atoms with van der Waals surface area (Å²) in [6.07, 6.45) is -0.695. The van der Waals surface area contributed by atoms with Crippen LogP contribution < -0.4 is 16.4 Å². The van der Waals surface area contributed by atoms with E-state index in [2.05, 4.69) is 23.3 Å². The van der Waals surface area contributed by atoms with Crippen molar-refractivity contribution in [2.45, 2.75) is 56.5 Å². The number of hydrogen-bond acceptors (Lipinski definition) is 8. The Balaban J connectivity index is 5.22. The lowest BCUT2D eigenvalue weighted by atomic mass is 9.97. The molecule has 0 heterocycles. The van der Waals surface area contributed by atoms with E-state index in [4.69, 9.17) is 20.5 Å². The largest absolute Gasteiger partial charge is 0.481 e. The molecule has 0 rings (SSSR count). The third kappa shape index (κ3) is 10.4. The van der Waals surface area contributed by atoms with E-state index < -0.39 is 75.3 Å². The van der Waals surface area contributed by atoms with Crippen LogP contribution in [0.4, 0.5) is 0 Å². The Morgan fingerprint density at radius 2 is 1.66 bits per heavy atom. The maximum absolute atomic E-state index is 12.5. The van der Waals surface area contributed by atoms with Crippen molar-refractivity contribution in [1.82, 2.24) is 10.6 Å². The summed E-state index contributed by atoms with van der Waals surface area (Å²) in [6, 6.07) is -3.95. The molecule has 0 fully saturated rings. The van der Waals surface area contributed by atoms with Crippen LogP contribution in [0, 0.1) is 5.92 Å². The molecule has 0 aliphatic carbocycles. The highest BCUT2D eigenvalue weighted by molar-refractivity contribution is 7.85. The first kappa shape index (κ1) is 27.1. The van der Waals surface area contributed by atoms with Crippen LogP contribution in [0.3, 0.4) is 0 Å². The highest BCUT2D eigenvalue weighted by Crippen LogP contribution is 2.12. The summed E-state index contributed by atoms with van der Waals surface area (Å²) in [4.78, 5) is 46.7. The number of carbonyl (C=O) groups is 4. The van der Waals surface area contributed by atoms with Crippen molar-refractivity contribution in [2.75, 3.05) is 5.75 Å². The van der Waals surface area contributed by atoms with Gasteiger partial charge >= 0.3 is 11.9 Å². The summed E-state index contributed by atoms with van der Waals surface area (Å²) < 4.78 is 30.3. The van der Waals surface area contributed by atoms with Crippen LogP contribution in [0.5, 0.6) is 0 Å². The molecule has 29 heavy (non-hydrogen) atoms. The van der Waals surface area contributed by atoms with Crippen LogP contribution >= 0.6 is 12.6 Å². The van der Waals surface area contributed by atoms with Gasteiger partial charge in [0.2, 0.25) is 11.8 Å². The number of nitrogens with one attached hydrogen (secondary N) is 2. The van der Waals surface area contributed by atoms with Crippen LogP contribution in [0.1, 0.15) is 33.1 Å². The fourth-order valence-corrected chi connectivity index (χ4v) is 3.01. The molecule has 0 aromatic heterocycles. The van der Waals surface area contributed by atoms with Crippen molar-refractivity contribution in [3.8, 4) is 0 Å². The van der Waals surface area contributed by atoms with Gasteiger partial charge in [0.05, 0.1) is 17.4 Å². The first-order valence-corrected chi connectivity index (χ1v) is 10.8. The number of nitrogens with two attached hydrogens (primary N) is 1. The number of aliphatic carboxylic acids is 2. The topological polar surface area (TPSA) is 213 Å². The monoisotopic (exact) mass is 457 g/mol. The average molecular weight is 458 g/mol. The van der Waals surface area contributed by atoms with Crippen LogP contribution in [0.25, 0.3) is 0 Å². The highest BCUT2D eigenvalue weighted by atomic mass is 32.2. The zero-order valence-corrected chi connectivity index (χ0v) is 17.7. The smallest absolute Gasteiger partial charge is 0.326 e. The number of carbonyl (C=O) groups excluding carboxylic acids is 2. The highest BCUT2D eigenvalue weighted by Gasteiger charge is 2.33. The van der Waals surface area contributed by atoms with Gasteiger partial charge in [-0.15, -0.1) is 0 Å². The van der Waals surface area contributed by atoms with Crippen molar-refractivity contribution in [3.63, 3.8) is 0 Å². The zero-order chi connectivity index (χ0) is 22.9. The molecule has 0 bridgehead atoms. The molecule has 2 amide bonds. The maximum atomic E-state index is 12.5. The second-order valence-corrected chi connectivity index (χ2v) is 8.68. The molecule has 14 heteroatoms. The lowest BCUT2D eigenvalue weighted by molar-refractivity contribution is -0.147. The lowest BCUT2D eigenvalue weighted by Crippen LogP contribution is -2.57. The minimum atomic E-state index is -4.28. The second-order valence-electron chi connectivity index (χ2n) is 6.55. The molecule has 0 spiro atoms. The van der Waals surface area contributed by atoms with Crippen LogP contribution in [0.15, 0.2) is 0 Å². The molecular weight excluding hydrogens is 430 g/mol. The molecule has 12 nitrogen and oxygen atoms in total. The fourth-order valence-electron chi connectivity index (χ4n) is 2.21. The van der Waals surface area contributed by atoms with Gasteiger partial charge in [-0.1, -0.05) is 20.3 Å². The van der Waals surface area contributed by atoms with Gasteiger partial charge in [-0.3, -0.25) is 18.9 Å². The van der Waals surface area contributed by atoms with Crippen molar-refractivity contribution < 1.29 is 42.4 Å². The Hall–Kier alpha value is -1.90. The number of hydrogen-bond donors (Lipinski definition) is 7. The summed E-state index contributed by atoms with van der Waals surface area (Å²) in [5, 5.41) is 21.1. The molecule has 0 aromatic rings. The molecular formula is C15H27N3O9S2. The first-order valence-electron chi connectivity index (χ1n) is 8.63. The second kappa shape index (κ2) is 11.9. The van der Waals surface area contributed by atoms with Gasteiger partial charge in [-0.25, -0.2) is 4.79 Å². The van der Waals surface area contributed by atoms with E-state index in [1.54, 1.807) is 13.8 Å².